The highest BCUT2D eigenvalue weighted by molar-refractivity contribution is 5.85. The molecule has 3 aliphatic rings. The van der Waals surface area contributed by atoms with Gasteiger partial charge in [-0.3, -0.25) is 4.79 Å². The number of alkyl halides is 6. The predicted octanol–water partition coefficient (Wildman–Crippen LogP) is 7.44. The van der Waals surface area contributed by atoms with E-state index >= 15 is 0 Å². The van der Waals surface area contributed by atoms with Crippen molar-refractivity contribution in [2.24, 2.45) is 0 Å². The largest absolute Gasteiger partial charge is 0.416 e. The Bertz CT molecular complexity index is 1300. The van der Waals surface area contributed by atoms with E-state index in [4.69, 9.17) is 4.74 Å². The summed E-state index contributed by atoms with van der Waals surface area (Å²) in [5.41, 5.74) is -4.45. The number of amides is 1. The zero-order chi connectivity index (χ0) is 31.7. The highest BCUT2D eigenvalue weighted by Gasteiger charge is 2.43. The van der Waals surface area contributed by atoms with E-state index in [1.165, 1.54) is 25.3 Å². The first-order chi connectivity index (χ1) is 20.7. The zero-order valence-electron chi connectivity index (χ0n) is 24.9. The van der Waals surface area contributed by atoms with Gasteiger partial charge in [0.25, 0.3) is 0 Å². The number of hydrogen-bond acceptors (Lipinski definition) is 4. The molecule has 0 spiro atoms. The molecule has 5 nitrogen and oxygen atoms in total. The Hall–Kier alpha value is -2.19. The average molecular weight is 707 g/mol. The lowest BCUT2D eigenvalue weighted by Gasteiger charge is -2.45. The maximum atomic E-state index is 14.4. The van der Waals surface area contributed by atoms with Gasteiger partial charge in [-0.1, -0.05) is 12.5 Å². The van der Waals surface area contributed by atoms with Gasteiger partial charge in [0.1, 0.15) is 12.2 Å². The first-order valence-corrected chi connectivity index (χ1v) is 14.9. The fourth-order valence-corrected chi connectivity index (χ4v) is 6.59. The lowest BCUT2D eigenvalue weighted by molar-refractivity contribution is -0.169. The monoisotopic (exact) mass is 705 g/mol. The molecule has 1 unspecified atom stereocenters. The molecule has 3 fully saturated rings. The maximum absolute atomic E-state index is 14.4. The van der Waals surface area contributed by atoms with Gasteiger partial charge in [-0.25, -0.2) is 8.78 Å². The number of carbonyl (C=O) groups excluding carboxylic acids is 1. The number of morpholine rings is 1. The predicted molar refractivity (Wildman–Crippen MR) is 160 cm³/mol. The van der Waals surface area contributed by atoms with Crippen LogP contribution in [0.2, 0.25) is 0 Å². The van der Waals surface area contributed by atoms with Crippen molar-refractivity contribution in [2.75, 3.05) is 45.9 Å². The standard InChI is InChI=1S/C31H35F8N3O2.2ClH/c32-26-5-4-22(17-27(26)33)29(8-13-40-11-6-25(7-12-40)41-9-2-1-3-10-41)20-42(28(43)19-44-29)18-21-14-23(30(34,35)36)16-24(15-21)31(37,38)39;;/h4-5,14-17,25H,1-3,6-13,18-20H2;2*1H. The molecule has 46 heavy (non-hydrogen) atoms. The zero-order valence-corrected chi connectivity index (χ0v) is 26.6. The van der Waals surface area contributed by atoms with Crippen LogP contribution in [0.25, 0.3) is 0 Å². The number of nitrogens with zero attached hydrogens (tertiary/aromatic N) is 3. The molecule has 0 radical (unpaired) electrons. The summed E-state index contributed by atoms with van der Waals surface area (Å²) in [6, 6.07) is 4.94. The lowest BCUT2D eigenvalue weighted by Crippen LogP contribution is -2.54. The SMILES string of the molecule is Cl.Cl.O=C1COC(CCN2CCC(N3CCCCC3)CC2)(c2ccc(F)c(F)c2)CN1Cc1cc(C(F)(F)F)cc(C(F)(F)F)c1. The number of carbonyl (C=O) groups is 1. The first kappa shape index (κ1) is 38.3. The molecule has 3 heterocycles. The van der Waals surface area contributed by atoms with Gasteiger partial charge in [-0.05, 0) is 99.7 Å². The molecule has 5 rings (SSSR count). The third-order valence-corrected chi connectivity index (χ3v) is 9.03. The van der Waals surface area contributed by atoms with Crippen LogP contribution in [-0.4, -0.2) is 72.5 Å². The van der Waals surface area contributed by atoms with Crippen molar-refractivity contribution >= 4 is 30.7 Å². The van der Waals surface area contributed by atoms with Crippen LogP contribution in [0.5, 0.6) is 0 Å². The van der Waals surface area contributed by atoms with E-state index in [-0.39, 0.29) is 55.0 Å². The Kier molecular flexibility index (Phi) is 12.8. The van der Waals surface area contributed by atoms with Crippen molar-refractivity contribution in [3.05, 3.63) is 70.3 Å². The summed E-state index contributed by atoms with van der Waals surface area (Å²) in [6.07, 6.45) is -4.25. The fourth-order valence-electron chi connectivity index (χ4n) is 6.59. The first-order valence-electron chi connectivity index (χ1n) is 14.9. The second-order valence-corrected chi connectivity index (χ2v) is 12.0. The van der Waals surface area contributed by atoms with Crippen LogP contribution in [0.3, 0.4) is 0 Å². The van der Waals surface area contributed by atoms with Crippen molar-refractivity contribution in [3.8, 4) is 0 Å². The number of ether oxygens (including phenoxy) is 1. The number of benzene rings is 2. The normalized spacial score (nSPS) is 22.3. The highest BCUT2D eigenvalue weighted by atomic mass is 35.5. The molecule has 3 saturated heterocycles. The molecule has 0 N–H and O–H groups in total. The molecule has 2 aromatic carbocycles. The third kappa shape index (κ3) is 9.03. The van der Waals surface area contributed by atoms with E-state index in [1.54, 1.807) is 0 Å². The molecule has 1 amide bonds. The highest BCUT2D eigenvalue weighted by Crippen LogP contribution is 2.39. The van der Waals surface area contributed by atoms with E-state index in [1.807, 2.05) is 0 Å². The quantitative estimate of drug-likeness (QED) is 0.281. The van der Waals surface area contributed by atoms with Crippen molar-refractivity contribution in [3.63, 3.8) is 0 Å². The number of likely N-dealkylation sites (tertiary alicyclic amines) is 2. The molecule has 0 bridgehead atoms. The maximum Gasteiger partial charge on any atom is 0.416 e. The number of halogens is 10. The minimum Gasteiger partial charge on any atom is -0.359 e. The van der Waals surface area contributed by atoms with Gasteiger partial charge in [-0.15, -0.1) is 24.8 Å². The average Bonchev–Trinajstić information content (AvgIpc) is 2.99. The topological polar surface area (TPSA) is 36.0 Å². The summed E-state index contributed by atoms with van der Waals surface area (Å²) in [5.74, 6) is -2.86. The van der Waals surface area contributed by atoms with Crippen molar-refractivity contribution in [1.29, 1.82) is 0 Å². The van der Waals surface area contributed by atoms with Gasteiger partial charge < -0.3 is 19.4 Å². The number of piperidine rings is 2. The van der Waals surface area contributed by atoms with Crippen LogP contribution in [0, 0.1) is 11.6 Å². The van der Waals surface area contributed by atoms with Crippen LogP contribution < -0.4 is 0 Å². The molecule has 258 valence electrons. The summed E-state index contributed by atoms with van der Waals surface area (Å²) < 4.78 is 115. The molecule has 15 heteroatoms. The lowest BCUT2D eigenvalue weighted by atomic mass is 9.87. The minimum absolute atomic E-state index is 0. The van der Waals surface area contributed by atoms with E-state index in [2.05, 4.69) is 9.80 Å². The van der Waals surface area contributed by atoms with E-state index in [0.717, 1.165) is 56.1 Å². The molecule has 2 aromatic rings. The molecule has 1 atom stereocenters. The van der Waals surface area contributed by atoms with Crippen LogP contribution in [0.4, 0.5) is 35.1 Å². The van der Waals surface area contributed by atoms with E-state index in [0.29, 0.717) is 24.7 Å². The van der Waals surface area contributed by atoms with E-state index in [9.17, 15) is 39.9 Å². The van der Waals surface area contributed by atoms with Crippen molar-refractivity contribution in [2.45, 2.75) is 69.1 Å². The molecular weight excluding hydrogens is 669 g/mol. The molecule has 0 saturated carbocycles. The molecular formula is C31H37Cl2F8N3O2. The Labute approximate surface area is 275 Å². The molecule has 0 aliphatic carbocycles. The summed E-state index contributed by atoms with van der Waals surface area (Å²) in [4.78, 5) is 18.8. The summed E-state index contributed by atoms with van der Waals surface area (Å²) in [5, 5.41) is 0. The summed E-state index contributed by atoms with van der Waals surface area (Å²) in [6.45, 7) is 2.94. The third-order valence-electron chi connectivity index (χ3n) is 9.03. The van der Waals surface area contributed by atoms with Crippen LogP contribution >= 0.6 is 24.8 Å². The Morgan fingerprint density at radius 1 is 0.804 bits per heavy atom. The number of rotatable bonds is 7. The van der Waals surface area contributed by atoms with Gasteiger partial charge in [-0.2, -0.15) is 26.3 Å². The smallest absolute Gasteiger partial charge is 0.359 e. The van der Waals surface area contributed by atoms with Gasteiger partial charge in [0.05, 0.1) is 17.7 Å². The van der Waals surface area contributed by atoms with Crippen molar-refractivity contribution < 1.29 is 44.7 Å². The number of hydrogen-bond donors (Lipinski definition) is 0. The van der Waals surface area contributed by atoms with E-state index < -0.39 is 59.8 Å². The Balaban J connectivity index is 0.00000288. The van der Waals surface area contributed by atoms with Crippen LogP contribution in [-0.2, 0) is 34.0 Å². The van der Waals surface area contributed by atoms with Crippen LogP contribution in [0.15, 0.2) is 36.4 Å². The minimum atomic E-state index is -5.04. The summed E-state index contributed by atoms with van der Waals surface area (Å²) in [7, 11) is 0. The van der Waals surface area contributed by atoms with Gasteiger partial charge >= 0.3 is 12.4 Å². The van der Waals surface area contributed by atoms with Gasteiger partial charge in [0.15, 0.2) is 11.6 Å². The fraction of sp³-hybridized carbons (Fsp3) is 0.581. The molecule has 3 aliphatic heterocycles. The van der Waals surface area contributed by atoms with Crippen molar-refractivity contribution in [1.82, 2.24) is 14.7 Å². The Morgan fingerprint density at radius 3 is 1.98 bits per heavy atom. The molecule has 0 aromatic heterocycles. The van der Waals surface area contributed by atoms with Gasteiger partial charge in [0.2, 0.25) is 5.91 Å². The van der Waals surface area contributed by atoms with Crippen LogP contribution in [0.1, 0.15) is 60.8 Å². The second kappa shape index (κ2) is 15.4. The summed E-state index contributed by atoms with van der Waals surface area (Å²) >= 11 is 0. The Morgan fingerprint density at radius 2 is 1.41 bits per heavy atom. The van der Waals surface area contributed by atoms with Gasteiger partial charge in [0, 0.05) is 19.1 Å². The second-order valence-electron chi connectivity index (χ2n) is 12.0.